The average Bonchev–Trinajstić information content (AvgIpc) is 2.39. The molecule has 0 aliphatic carbocycles. The molecule has 106 valence electrons. The number of aliphatic carboxylic acids is 1. The highest BCUT2D eigenvalue weighted by Gasteiger charge is 2.23. The predicted octanol–water partition coefficient (Wildman–Crippen LogP) is 0.465. The highest BCUT2D eigenvalue weighted by atomic mass is 16.4. The van der Waals surface area contributed by atoms with Crippen molar-refractivity contribution in [2.75, 3.05) is 40.3 Å². The summed E-state index contributed by atoms with van der Waals surface area (Å²) in [6, 6.07) is 0.183. The second-order valence-corrected chi connectivity index (χ2v) is 5.11. The Morgan fingerprint density at radius 1 is 1.50 bits per heavy atom. The van der Waals surface area contributed by atoms with Gasteiger partial charge in [-0.1, -0.05) is 6.92 Å². The molecule has 0 saturated carbocycles. The summed E-state index contributed by atoms with van der Waals surface area (Å²) in [5.74, 6) is -0.758. The van der Waals surface area contributed by atoms with Crippen LogP contribution in [0.4, 0.5) is 0 Å². The molecular formula is C13H27N3O2. The van der Waals surface area contributed by atoms with Crippen molar-refractivity contribution in [3.05, 3.63) is 0 Å². The number of likely N-dealkylation sites (tertiary alicyclic amines) is 1. The summed E-state index contributed by atoms with van der Waals surface area (Å²) in [6.07, 6.45) is 3.06. The van der Waals surface area contributed by atoms with Gasteiger partial charge in [0.1, 0.15) is 6.04 Å². The van der Waals surface area contributed by atoms with E-state index in [1.54, 1.807) is 7.05 Å². The van der Waals surface area contributed by atoms with Crippen molar-refractivity contribution < 1.29 is 9.90 Å². The first-order chi connectivity index (χ1) is 8.58. The number of carboxylic acid groups (broad SMARTS) is 1. The second-order valence-electron chi connectivity index (χ2n) is 5.11. The van der Waals surface area contributed by atoms with Gasteiger partial charge >= 0.3 is 5.97 Å². The molecule has 2 N–H and O–H groups in total. The van der Waals surface area contributed by atoms with E-state index in [0.717, 1.165) is 13.1 Å². The number of carboxylic acids is 1. The van der Waals surface area contributed by atoms with Crippen molar-refractivity contribution in [1.29, 1.82) is 0 Å². The lowest BCUT2D eigenvalue weighted by Gasteiger charge is -2.36. The molecule has 1 saturated heterocycles. The van der Waals surface area contributed by atoms with Crippen LogP contribution in [0, 0.1) is 0 Å². The third-order valence-corrected chi connectivity index (χ3v) is 4.04. The van der Waals surface area contributed by atoms with Gasteiger partial charge in [0.25, 0.3) is 0 Å². The van der Waals surface area contributed by atoms with E-state index < -0.39 is 12.0 Å². The predicted molar refractivity (Wildman–Crippen MR) is 72.9 cm³/mol. The Hall–Kier alpha value is -0.650. The average molecular weight is 257 g/mol. The third kappa shape index (κ3) is 4.55. The van der Waals surface area contributed by atoms with Crippen molar-refractivity contribution in [2.24, 2.45) is 0 Å². The quantitative estimate of drug-likeness (QED) is 0.694. The van der Waals surface area contributed by atoms with Crippen LogP contribution < -0.4 is 5.32 Å². The zero-order valence-corrected chi connectivity index (χ0v) is 11.9. The summed E-state index contributed by atoms with van der Waals surface area (Å²) < 4.78 is 0. The SMILES string of the molecule is CCN1CCC(N(C)CCC(NC)C(=O)O)CC1. The van der Waals surface area contributed by atoms with E-state index in [2.05, 4.69) is 29.1 Å². The maximum Gasteiger partial charge on any atom is 0.320 e. The van der Waals surface area contributed by atoms with Gasteiger partial charge in [-0.15, -0.1) is 0 Å². The number of nitrogens with one attached hydrogen (secondary N) is 1. The number of carbonyl (C=O) groups is 1. The normalized spacial score (nSPS) is 20.2. The molecule has 1 atom stereocenters. The van der Waals surface area contributed by atoms with Gasteiger partial charge in [0, 0.05) is 12.6 Å². The minimum Gasteiger partial charge on any atom is -0.480 e. The molecule has 0 bridgehead atoms. The fourth-order valence-corrected chi connectivity index (χ4v) is 2.58. The molecule has 0 spiro atoms. The molecule has 0 aromatic carbocycles. The Morgan fingerprint density at radius 3 is 2.56 bits per heavy atom. The standard InChI is InChI=1S/C13H27N3O2/c1-4-16-9-5-11(6-10-16)15(3)8-7-12(14-2)13(17)18/h11-12,14H,4-10H2,1-3H3,(H,17,18). The van der Waals surface area contributed by atoms with Crippen LogP contribution in [-0.4, -0.2) is 73.2 Å². The number of likely N-dealkylation sites (N-methyl/N-ethyl adjacent to an activating group) is 1. The molecule has 1 fully saturated rings. The minimum atomic E-state index is -0.758. The molecule has 1 unspecified atom stereocenters. The van der Waals surface area contributed by atoms with Crippen molar-refractivity contribution in [2.45, 2.75) is 38.3 Å². The second kappa shape index (κ2) is 7.71. The third-order valence-electron chi connectivity index (χ3n) is 4.04. The van der Waals surface area contributed by atoms with E-state index in [1.807, 2.05) is 0 Å². The van der Waals surface area contributed by atoms with Gasteiger partial charge in [-0.2, -0.15) is 0 Å². The first-order valence-electron chi connectivity index (χ1n) is 6.91. The van der Waals surface area contributed by atoms with Gasteiger partial charge < -0.3 is 20.2 Å². The Morgan fingerprint density at radius 2 is 2.11 bits per heavy atom. The Bertz CT molecular complexity index is 253. The maximum atomic E-state index is 10.9. The molecule has 1 rings (SSSR count). The Labute approximate surface area is 110 Å². The summed E-state index contributed by atoms with van der Waals surface area (Å²) >= 11 is 0. The topological polar surface area (TPSA) is 55.8 Å². The summed E-state index contributed by atoms with van der Waals surface area (Å²) in [5, 5.41) is 11.8. The van der Waals surface area contributed by atoms with Gasteiger partial charge in [-0.05, 0) is 53.0 Å². The lowest BCUT2D eigenvalue weighted by molar-refractivity contribution is -0.139. The molecule has 0 aromatic heterocycles. The van der Waals surface area contributed by atoms with Crippen LogP contribution in [-0.2, 0) is 4.79 Å². The van der Waals surface area contributed by atoms with Crippen LogP contribution in [0.1, 0.15) is 26.2 Å². The van der Waals surface area contributed by atoms with Crippen molar-refractivity contribution >= 4 is 5.97 Å². The van der Waals surface area contributed by atoms with Crippen LogP contribution >= 0.6 is 0 Å². The van der Waals surface area contributed by atoms with Crippen molar-refractivity contribution in [3.63, 3.8) is 0 Å². The number of rotatable bonds is 7. The van der Waals surface area contributed by atoms with Gasteiger partial charge in [-0.25, -0.2) is 0 Å². The molecule has 5 heteroatoms. The zero-order valence-electron chi connectivity index (χ0n) is 11.9. The summed E-state index contributed by atoms with van der Waals surface area (Å²) in [6.45, 7) is 6.51. The first kappa shape index (κ1) is 15.4. The Balaban J connectivity index is 2.28. The van der Waals surface area contributed by atoms with E-state index in [9.17, 15) is 4.79 Å². The number of hydrogen-bond donors (Lipinski definition) is 2. The molecule has 18 heavy (non-hydrogen) atoms. The van der Waals surface area contributed by atoms with Gasteiger partial charge in [0.2, 0.25) is 0 Å². The van der Waals surface area contributed by atoms with E-state index in [1.165, 1.54) is 25.9 Å². The van der Waals surface area contributed by atoms with Gasteiger partial charge in [0.15, 0.2) is 0 Å². The Kier molecular flexibility index (Phi) is 6.60. The minimum absolute atomic E-state index is 0.428. The fraction of sp³-hybridized carbons (Fsp3) is 0.923. The van der Waals surface area contributed by atoms with Crippen molar-refractivity contribution in [3.8, 4) is 0 Å². The van der Waals surface area contributed by atoms with Gasteiger partial charge in [0.05, 0.1) is 0 Å². The lowest BCUT2D eigenvalue weighted by atomic mass is 10.0. The number of piperidine rings is 1. The lowest BCUT2D eigenvalue weighted by Crippen LogP contribution is -2.45. The van der Waals surface area contributed by atoms with Crippen LogP contribution in [0.2, 0.25) is 0 Å². The summed E-state index contributed by atoms with van der Waals surface area (Å²) in [7, 11) is 3.82. The summed E-state index contributed by atoms with van der Waals surface area (Å²) in [5.41, 5.74) is 0. The molecule has 0 radical (unpaired) electrons. The smallest absolute Gasteiger partial charge is 0.320 e. The monoisotopic (exact) mass is 257 g/mol. The van der Waals surface area contributed by atoms with Crippen LogP contribution in [0.15, 0.2) is 0 Å². The molecule has 1 heterocycles. The van der Waals surface area contributed by atoms with E-state index >= 15 is 0 Å². The van der Waals surface area contributed by atoms with E-state index in [-0.39, 0.29) is 0 Å². The molecule has 0 amide bonds. The van der Waals surface area contributed by atoms with Crippen molar-refractivity contribution in [1.82, 2.24) is 15.1 Å². The van der Waals surface area contributed by atoms with Crippen LogP contribution in [0.5, 0.6) is 0 Å². The van der Waals surface area contributed by atoms with E-state index in [0.29, 0.717) is 12.5 Å². The zero-order chi connectivity index (χ0) is 13.5. The molecule has 1 aliphatic rings. The number of hydrogen-bond acceptors (Lipinski definition) is 4. The highest BCUT2D eigenvalue weighted by molar-refractivity contribution is 5.73. The van der Waals surface area contributed by atoms with Crippen LogP contribution in [0.3, 0.4) is 0 Å². The molecular weight excluding hydrogens is 230 g/mol. The van der Waals surface area contributed by atoms with E-state index in [4.69, 9.17) is 5.11 Å². The largest absolute Gasteiger partial charge is 0.480 e. The maximum absolute atomic E-state index is 10.9. The molecule has 0 aromatic rings. The fourth-order valence-electron chi connectivity index (χ4n) is 2.58. The number of nitrogens with zero attached hydrogens (tertiary/aromatic N) is 2. The molecule has 1 aliphatic heterocycles. The van der Waals surface area contributed by atoms with Crippen LogP contribution in [0.25, 0.3) is 0 Å². The molecule has 5 nitrogen and oxygen atoms in total. The van der Waals surface area contributed by atoms with Gasteiger partial charge in [-0.3, -0.25) is 4.79 Å². The highest BCUT2D eigenvalue weighted by Crippen LogP contribution is 2.15. The first-order valence-corrected chi connectivity index (χ1v) is 6.91. The summed E-state index contributed by atoms with van der Waals surface area (Å²) in [4.78, 5) is 15.7.